The van der Waals surface area contributed by atoms with Gasteiger partial charge in [-0.2, -0.15) is 0 Å². The van der Waals surface area contributed by atoms with Gasteiger partial charge >= 0.3 is 0 Å². The van der Waals surface area contributed by atoms with Crippen LogP contribution in [0, 0.1) is 6.92 Å². The van der Waals surface area contributed by atoms with Gasteiger partial charge in [0, 0.05) is 16.9 Å². The fraction of sp³-hybridized carbons (Fsp3) is 0.250. The van der Waals surface area contributed by atoms with E-state index in [1.807, 2.05) is 11.8 Å². The second-order valence-electron chi connectivity index (χ2n) is 4.91. The maximum Gasteiger partial charge on any atom is 0.166 e. The number of aryl methyl sites for hydroxylation is 1. The average Bonchev–Trinajstić information content (AvgIpc) is 2.98. The topological polar surface area (TPSA) is 9.23 Å². The third kappa shape index (κ3) is 1.22. The third-order valence-electron chi connectivity index (χ3n) is 3.80. The van der Waals surface area contributed by atoms with E-state index in [2.05, 4.69) is 49.4 Å². The van der Waals surface area contributed by atoms with Crippen LogP contribution in [0.25, 0.3) is 11.1 Å². The van der Waals surface area contributed by atoms with Gasteiger partial charge in [0.05, 0.1) is 6.61 Å². The lowest BCUT2D eigenvalue weighted by molar-refractivity contribution is 0.0841. The molecule has 1 nitrogen and oxygen atoms in total. The van der Waals surface area contributed by atoms with Crippen molar-refractivity contribution in [2.45, 2.75) is 11.9 Å². The Kier molecular flexibility index (Phi) is 2.14. The highest BCUT2D eigenvalue weighted by molar-refractivity contribution is 8.00. The quantitative estimate of drug-likeness (QED) is 0.704. The van der Waals surface area contributed by atoms with Crippen molar-refractivity contribution in [1.82, 2.24) is 0 Å². The van der Waals surface area contributed by atoms with E-state index in [-0.39, 0.29) is 4.93 Å². The van der Waals surface area contributed by atoms with E-state index in [1.54, 1.807) is 0 Å². The van der Waals surface area contributed by atoms with Crippen molar-refractivity contribution in [1.29, 1.82) is 0 Å². The first-order chi connectivity index (χ1) is 8.81. The zero-order chi connectivity index (χ0) is 12.2. The lowest BCUT2D eigenvalue weighted by Crippen LogP contribution is -2.19. The van der Waals surface area contributed by atoms with Crippen LogP contribution in [0.1, 0.15) is 16.7 Å². The lowest BCUT2D eigenvalue weighted by atomic mass is 10.0. The summed E-state index contributed by atoms with van der Waals surface area (Å²) in [5.74, 6) is 1.07. The first-order valence-electron chi connectivity index (χ1n) is 6.30. The first-order valence-corrected chi connectivity index (χ1v) is 7.29. The van der Waals surface area contributed by atoms with Crippen LogP contribution >= 0.6 is 11.8 Å². The maximum atomic E-state index is 6.17. The van der Waals surface area contributed by atoms with Crippen LogP contribution in [0.4, 0.5) is 0 Å². The van der Waals surface area contributed by atoms with E-state index in [4.69, 9.17) is 4.74 Å². The van der Waals surface area contributed by atoms with E-state index in [1.165, 1.54) is 27.8 Å². The van der Waals surface area contributed by atoms with Crippen LogP contribution < -0.4 is 0 Å². The zero-order valence-electron chi connectivity index (χ0n) is 10.3. The van der Waals surface area contributed by atoms with Crippen LogP contribution in [0.2, 0.25) is 0 Å². The molecule has 2 aliphatic rings. The van der Waals surface area contributed by atoms with Crippen LogP contribution in [-0.4, -0.2) is 12.4 Å². The number of thioether (sulfide) groups is 1. The molecule has 1 atom stereocenters. The van der Waals surface area contributed by atoms with Gasteiger partial charge in [0.15, 0.2) is 4.93 Å². The van der Waals surface area contributed by atoms with E-state index in [9.17, 15) is 0 Å². The summed E-state index contributed by atoms with van der Waals surface area (Å²) in [6.45, 7) is 2.99. The SMILES string of the molecule is Cc1ccc2c(c1)C1(OCCS1)c1ccccc1-2. The molecule has 90 valence electrons. The third-order valence-corrected chi connectivity index (χ3v) is 5.13. The summed E-state index contributed by atoms with van der Waals surface area (Å²) < 4.78 is 6.17. The summed E-state index contributed by atoms with van der Waals surface area (Å²) in [6.07, 6.45) is 0. The van der Waals surface area contributed by atoms with Gasteiger partial charge in [-0.15, -0.1) is 11.8 Å². The summed E-state index contributed by atoms with van der Waals surface area (Å²) in [5.41, 5.74) is 6.64. The molecule has 1 spiro atoms. The van der Waals surface area contributed by atoms with Gasteiger partial charge in [-0.1, -0.05) is 48.0 Å². The lowest BCUT2D eigenvalue weighted by Gasteiger charge is -2.24. The normalized spacial score (nSPS) is 24.3. The highest BCUT2D eigenvalue weighted by Gasteiger charge is 2.47. The number of hydrogen-bond donors (Lipinski definition) is 0. The van der Waals surface area contributed by atoms with Crippen LogP contribution in [-0.2, 0) is 9.67 Å². The molecular weight excluding hydrogens is 240 g/mol. The largest absolute Gasteiger partial charge is 0.355 e. The molecule has 1 heterocycles. The summed E-state index contributed by atoms with van der Waals surface area (Å²) >= 11 is 1.92. The molecule has 0 saturated carbocycles. The number of fused-ring (bicyclic) bond motifs is 5. The Hall–Kier alpha value is -1.25. The second kappa shape index (κ2) is 3.62. The molecule has 4 rings (SSSR count). The second-order valence-corrected chi connectivity index (χ2v) is 6.18. The van der Waals surface area contributed by atoms with E-state index in [0.29, 0.717) is 0 Å². The van der Waals surface area contributed by atoms with Crippen molar-refractivity contribution in [3.63, 3.8) is 0 Å². The van der Waals surface area contributed by atoms with Gasteiger partial charge in [0.1, 0.15) is 0 Å². The van der Waals surface area contributed by atoms with Gasteiger partial charge in [-0.25, -0.2) is 0 Å². The Morgan fingerprint density at radius 2 is 1.89 bits per heavy atom. The average molecular weight is 254 g/mol. The van der Waals surface area contributed by atoms with Crippen molar-refractivity contribution in [3.8, 4) is 11.1 Å². The van der Waals surface area contributed by atoms with E-state index in [0.717, 1.165) is 12.4 Å². The zero-order valence-corrected chi connectivity index (χ0v) is 11.1. The van der Waals surface area contributed by atoms with Gasteiger partial charge in [0.25, 0.3) is 0 Å². The van der Waals surface area contributed by atoms with Crippen molar-refractivity contribution in [2.24, 2.45) is 0 Å². The van der Waals surface area contributed by atoms with Gasteiger partial charge in [-0.05, 0) is 18.1 Å². The minimum Gasteiger partial charge on any atom is -0.355 e. The molecule has 0 amide bonds. The number of ether oxygens (including phenoxy) is 1. The minimum atomic E-state index is -0.238. The predicted octanol–water partition coefficient (Wildman–Crippen LogP) is 3.94. The van der Waals surface area contributed by atoms with Crippen LogP contribution in [0.5, 0.6) is 0 Å². The predicted molar refractivity (Wildman–Crippen MR) is 75.8 cm³/mol. The Morgan fingerprint density at radius 1 is 1.06 bits per heavy atom. The molecule has 0 radical (unpaired) electrons. The summed E-state index contributed by atoms with van der Waals surface area (Å²) in [5, 5.41) is 0. The molecule has 1 aliphatic carbocycles. The smallest absolute Gasteiger partial charge is 0.166 e. The molecule has 1 fully saturated rings. The molecular formula is C16H14OS. The van der Waals surface area contributed by atoms with Crippen LogP contribution in [0.15, 0.2) is 42.5 Å². The van der Waals surface area contributed by atoms with Gasteiger partial charge in [-0.3, -0.25) is 0 Å². The van der Waals surface area contributed by atoms with Crippen molar-refractivity contribution in [3.05, 3.63) is 59.2 Å². The summed E-state index contributed by atoms with van der Waals surface area (Å²) in [4.78, 5) is -0.238. The fourth-order valence-electron chi connectivity index (χ4n) is 3.04. The summed E-state index contributed by atoms with van der Waals surface area (Å²) in [6, 6.07) is 15.4. The highest BCUT2D eigenvalue weighted by atomic mass is 32.2. The maximum absolute atomic E-state index is 6.17. The highest BCUT2D eigenvalue weighted by Crippen LogP contribution is 2.57. The van der Waals surface area contributed by atoms with E-state index < -0.39 is 0 Å². The molecule has 1 aliphatic heterocycles. The monoisotopic (exact) mass is 254 g/mol. The van der Waals surface area contributed by atoms with Crippen LogP contribution in [0.3, 0.4) is 0 Å². The summed E-state index contributed by atoms with van der Waals surface area (Å²) in [7, 11) is 0. The standard InChI is InChI=1S/C16H14OS/c1-11-6-7-13-12-4-2-3-5-14(12)16(15(13)10-11)17-8-9-18-16/h2-7,10H,8-9H2,1H3. The van der Waals surface area contributed by atoms with Crippen molar-refractivity contribution in [2.75, 3.05) is 12.4 Å². The molecule has 2 aromatic carbocycles. The molecule has 0 aromatic heterocycles. The molecule has 0 bridgehead atoms. The molecule has 2 heteroatoms. The van der Waals surface area contributed by atoms with Gasteiger partial charge < -0.3 is 4.74 Å². The number of rotatable bonds is 0. The number of benzene rings is 2. The van der Waals surface area contributed by atoms with Crippen molar-refractivity contribution < 1.29 is 4.74 Å². The number of hydrogen-bond acceptors (Lipinski definition) is 2. The first kappa shape index (κ1) is 10.7. The fourth-order valence-corrected chi connectivity index (χ4v) is 4.32. The molecule has 2 aromatic rings. The molecule has 0 N–H and O–H groups in total. The Balaban J connectivity index is 2.08. The Morgan fingerprint density at radius 3 is 2.72 bits per heavy atom. The Bertz CT molecular complexity index is 627. The molecule has 18 heavy (non-hydrogen) atoms. The molecule has 1 saturated heterocycles. The van der Waals surface area contributed by atoms with Gasteiger partial charge in [0.2, 0.25) is 0 Å². The van der Waals surface area contributed by atoms with Crippen molar-refractivity contribution >= 4 is 11.8 Å². The minimum absolute atomic E-state index is 0.238. The van der Waals surface area contributed by atoms with E-state index >= 15 is 0 Å². The Labute approximate surface area is 111 Å². The molecule has 1 unspecified atom stereocenters.